The van der Waals surface area contributed by atoms with Crippen LogP contribution in [0.4, 0.5) is 0 Å². The van der Waals surface area contributed by atoms with Crippen LogP contribution in [-0.2, 0) is 4.79 Å². The zero-order valence-corrected chi connectivity index (χ0v) is 12.6. The van der Waals surface area contributed by atoms with Crippen LogP contribution in [0.3, 0.4) is 0 Å². The second-order valence-electron chi connectivity index (χ2n) is 7.70. The lowest BCUT2D eigenvalue weighted by atomic mass is 9.94. The molecule has 4 fully saturated rings. The van der Waals surface area contributed by atoms with Gasteiger partial charge in [-0.15, -0.1) is 0 Å². The number of hydrogen-bond donors (Lipinski definition) is 0. The number of carbonyl (C=O) groups excluding carboxylic acids is 1. The van der Waals surface area contributed by atoms with Gasteiger partial charge >= 0.3 is 0 Å². The monoisotopic (exact) mass is 276 g/mol. The first kappa shape index (κ1) is 13.1. The minimum absolute atomic E-state index is 0.397. The third-order valence-electron chi connectivity index (χ3n) is 6.23. The normalized spacial score (nSPS) is 38.2. The van der Waals surface area contributed by atoms with Gasteiger partial charge in [0.05, 0.1) is 0 Å². The van der Waals surface area contributed by atoms with Crippen molar-refractivity contribution in [2.24, 2.45) is 23.7 Å². The Morgan fingerprint density at radius 2 is 1.55 bits per heavy atom. The van der Waals surface area contributed by atoms with E-state index in [-0.39, 0.29) is 0 Å². The molecule has 4 aliphatic rings. The van der Waals surface area contributed by atoms with Gasteiger partial charge < -0.3 is 9.80 Å². The molecule has 2 saturated heterocycles. The summed E-state index contributed by atoms with van der Waals surface area (Å²) in [5.41, 5.74) is 0. The fourth-order valence-electron chi connectivity index (χ4n) is 4.84. The van der Waals surface area contributed by atoms with E-state index >= 15 is 0 Å². The van der Waals surface area contributed by atoms with E-state index in [0.29, 0.717) is 11.8 Å². The average molecular weight is 276 g/mol. The molecule has 20 heavy (non-hydrogen) atoms. The van der Waals surface area contributed by atoms with Gasteiger partial charge in [0.2, 0.25) is 5.91 Å². The molecule has 0 radical (unpaired) electrons. The van der Waals surface area contributed by atoms with Gasteiger partial charge in [-0.2, -0.15) is 0 Å². The van der Waals surface area contributed by atoms with E-state index in [4.69, 9.17) is 0 Å². The van der Waals surface area contributed by atoms with E-state index in [0.717, 1.165) is 30.8 Å². The average Bonchev–Trinajstić information content (AvgIpc) is 2.90. The zero-order valence-electron chi connectivity index (χ0n) is 12.6. The fraction of sp³-hybridized carbons (Fsp3) is 0.941. The first-order valence-corrected chi connectivity index (χ1v) is 8.81. The first-order chi connectivity index (χ1) is 9.79. The van der Waals surface area contributed by atoms with Gasteiger partial charge in [0.1, 0.15) is 0 Å². The molecule has 3 heteroatoms. The Labute approximate surface area is 122 Å². The summed E-state index contributed by atoms with van der Waals surface area (Å²) in [6.07, 6.45) is 9.09. The lowest BCUT2D eigenvalue weighted by Gasteiger charge is -2.35. The van der Waals surface area contributed by atoms with Crippen molar-refractivity contribution >= 4 is 5.91 Å². The molecule has 0 aromatic heterocycles. The number of rotatable bonds is 3. The van der Waals surface area contributed by atoms with Crippen molar-refractivity contribution in [3.05, 3.63) is 0 Å². The summed E-state index contributed by atoms with van der Waals surface area (Å²) in [5, 5.41) is 0. The zero-order chi connectivity index (χ0) is 13.5. The van der Waals surface area contributed by atoms with Crippen molar-refractivity contribution in [1.29, 1.82) is 0 Å². The first-order valence-electron chi connectivity index (χ1n) is 8.81. The van der Waals surface area contributed by atoms with Crippen LogP contribution in [0.5, 0.6) is 0 Å². The predicted octanol–water partition coefficient (Wildman–Crippen LogP) is 2.37. The van der Waals surface area contributed by atoms with Gasteiger partial charge in [-0.3, -0.25) is 4.79 Å². The van der Waals surface area contributed by atoms with Gasteiger partial charge in [-0.1, -0.05) is 0 Å². The maximum Gasteiger partial charge on any atom is 0.225 e. The quantitative estimate of drug-likeness (QED) is 0.790. The van der Waals surface area contributed by atoms with Gasteiger partial charge in [0.25, 0.3) is 0 Å². The standard InChI is InChI=1S/C17H28N2O/c20-17(16-10-14-9-15(14)11-16)19-7-3-13(4-8-19)12-18-5-1-2-6-18/h13-16H,1-12H2. The van der Waals surface area contributed by atoms with E-state index in [1.54, 1.807) is 0 Å². The minimum atomic E-state index is 0.397. The lowest BCUT2D eigenvalue weighted by molar-refractivity contribution is -0.137. The van der Waals surface area contributed by atoms with Crippen LogP contribution in [0.1, 0.15) is 44.9 Å². The second-order valence-corrected chi connectivity index (χ2v) is 7.70. The van der Waals surface area contributed by atoms with Crippen molar-refractivity contribution in [2.75, 3.05) is 32.7 Å². The smallest absolute Gasteiger partial charge is 0.225 e. The van der Waals surface area contributed by atoms with E-state index in [1.165, 1.54) is 64.6 Å². The Morgan fingerprint density at radius 3 is 2.20 bits per heavy atom. The van der Waals surface area contributed by atoms with Gasteiger partial charge in [-0.25, -0.2) is 0 Å². The molecule has 4 rings (SSSR count). The van der Waals surface area contributed by atoms with Crippen molar-refractivity contribution in [1.82, 2.24) is 9.80 Å². The maximum absolute atomic E-state index is 12.5. The Kier molecular flexibility index (Phi) is 3.49. The van der Waals surface area contributed by atoms with Gasteiger partial charge in [0.15, 0.2) is 0 Å². The number of piperidine rings is 1. The summed E-state index contributed by atoms with van der Waals surface area (Å²) in [4.78, 5) is 17.4. The summed E-state index contributed by atoms with van der Waals surface area (Å²) in [6.45, 7) is 5.97. The molecule has 2 aliphatic heterocycles. The summed E-state index contributed by atoms with van der Waals surface area (Å²) in [5.74, 6) is 3.59. The van der Waals surface area contributed by atoms with Gasteiger partial charge in [0, 0.05) is 25.6 Å². The minimum Gasteiger partial charge on any atom is -0.342 e. The van der Waals surface area contributed by atoms with Crippen LogP contribution < -0.4 is 0 Å². The number of likely N-dealkylation sites (tertiary alicyclic amines) is 2. The highest BCUT2D eigenvalue weighted by Crippen LogP contribution is 2.54. The van der Waals surface area contributed by atoms with Gasteiger partial charge in [-0.05, 0) is 75.8 Å². The molecule has 0 N–H and O–H groups in total. The fourth-order valence-corrected chi connectivity index (χ4v) is 4.84. The van der Waals surface area contributed by atoms with E-state index in [2.05, 4.69) is 9.80 Å². The number of hydrogen-bond acceptors (Lipinski definition) is 2. The van der Waals surface area contributed by atoms with Crippen molar-refractivity contribution in [3.63, 3.8) is 0 Å². The highest BCUT2D eigenvalue weighted by molar-refractivity contribution is 5.79. The van der Waals surface area contributed by atoms with Crippen molar-refractivity contribution in [3.8, 4) is 0 Å². The Hall–Kier alpha value is -0.570. The molecule has 3 nitrogen and oxygen atoms in total. The summed E-state index contributed by atoms with van der Waals surface area (Å²) in [6, 6.07) is 0. The molecule has 2 aliphatic carbocycles. The third kappa shape index (κ3) is 2.61. The van der Waals surface area contributed by atoms with Crippen LogP contribution >= 0.6 is 0 Å². The van der Waals surface area contributed by atoms with Crippen molar-refractivity contribution in [2.45, 2.75) is 44.9 Å². The van der Waals surface area contributed by atoms with Crippen LogP contribution in [0, 0.1) is 23.7 Å². The molecule has 0 aromatic carbocycles. The summed E-state index contributed by atoms with van der Waals surface area (Å²) >= 11 is 0. The van der Waals surface area contributed by atoms with Crippen LogP contribution in [0.2, 0.25) is 0 Å². The molecule has 2 unspecified atom stereocenters. The Balaban J connectivity index is 1.23. The van der Waals surface area contributed by atoms with Crippen LogP contribution in [0.15, 0.2) is 0 Å². The molecule has 2 heterocycles. The third-order valence-corrected chi connectivity index (χ3v) is 6.23. The SMILES string of the molecule is O=C(C1CC2CC2C1)N1CCC(CN2CCCC2)CC1. The highest BCUT2D eigenvalue weighted by Gasteiger charge is 2.48. The molecule has 2 atom stereocenters. The summed E-state index contributed by atoms with van der Waals surface area (Å²) < 4.78 is 0. The van der Waals surface area contributed by atoms with Crippen molar-refractivity contribution < 1.29 is 4.79 Å². The molecule has 0 bridgehead atoms. The Bertz CT molecular complexity index is 359. The number of fused-ring (bicyclic) bond motifs is 1. The largest absolute Gasteiger partial charge is 0.342 e. The topological polar surface area (TPSA) is 23.6 Å². The molecule has 1 amide bonds. The predicted molar refractivity (Wildman–Crippen MR) is 79.3 cm³/mol. The Morgan fingerprint density at radius 1 is 0.900 bits per heavy atom. The molecule has 112 valence electrons. The van der Waals surface area contributed by atoms with Crippen LogP contribution in [-0.4, -0.2) is 48.4 Å². The molecule has 2 saturated carbocycles. The second kappa shape index (κ2) is 5.32. The lowest BCUT2D eigenvalue weighted by Crippen LogP contribution is -2.43. The summed E-state index contributed by atoms with van der Waals surface area (Å²) in [7, 11) is 0. The van der Waals surface area contributed by atoms with E-state index in [1.807, 2.05) is 0 Å². The number of nitrogens with zero attached hydrogens (tertiary/aromatic N) is 2. The maximum atomic E-state index is 12.5. The van der Waals surface area contributed by atoms with Crippen LogP contribution in [0.25, 0.3) is 0 Å². The molecule has 0 spiro atoms. The van der Waals surface area contributed by atoms with E-state index in [9.17, 15) is 4.79 Å². The number of carbonyl (C=O) groups is 1. The molecular formula is C17H28N2O. The highest BCUT2D eigenvalue weighted by atomic mass is 16.2. The number of amides is 1. The molecule has 0 aromatic rings. The van der Waals surface area contributed by atoms with E-state index < -0.39 is 0 Å². The molecular weight excluding hydrogens is 248 g/mol.